The van der Waals surface area contributed by atoms with Crippen LogP contribution in [0, 0.1) is 0 Å². The number of carbonyl (C=O) groups is 5. The van der Waals surface area contributed by atoms with Crippen molar-refractivity contribution in [3.05, 3.63) is 67.7 Å². The average molecular weight is 427 g/mol. The lowest BCUT2D eigenvalue weighted by Gasteiger charge is -2.11. The summed E-state index contributed by atoms with van der Waals surface area (Å²) in [4.78, 5) is 57.6. The molecule has 0 bridgehead atoms. The summed E-state index contributed by atoms with van der Waals surface area (Å²) < 4.78 is 0. The quantitative estimate of drug-likeness (QED) is 0.507. The van der Waals surface area contributed by atoms with Crippen LogP contribution in [0.2, 0.25) is 10.0 Å². The van der Waals surface area contributed by atoms with Gasteiger partial charge in [0.25, 0.3) is 0 Å². The third-order valence-corrected chi connectivity index (χ3v) is 4.25. The monoisotopic (exact) mass is 426 g/mol. The first-order chi connectivity index (χ1) is 13.0. The van der Waals surface area contributed by atoms with Gasteiger partial charge in [-0.25, -0.2) is 19.2 Å². The molecule has 0 aliphatic heterocycles. The molecule has 0 fully saturated rings. The highest BCUT2D eigenvalue weighted by Crippen LogP contribution is 2.29. The zero-order chi connectivity index (χ0) is 21.3. The maximum absolute atomic E-state index is 12.8. The second-order valence-corrected chi connectivity index (χ2v) is 6.12. The molecular formula is C17H8Cl2O9. The maximum atomic E-state index is 12.8. The number of aromatic carboxylic acids is 4. The largest absolute Gasteiger partial charge is 0.478 e. The Morgan fingerprint density at radius 3 is 1.00 bits per heavy atom. The summed E-state index contributed by atoms with van der Waals surface area (Å²) in [5.74, 6) is -7.47. The van der Waals surface area contributed by atoms with Crippen molar-refractivity contribution in [3.8, 4) is 0 Å². The Labute approximate surface area is 165 Å². The number of rotatable bonds is 6. The lowest BCUT2D eigenvalue weighted by atomic mass is 9.95. The van der Waals surface area contributed by atoms with Gasteiger partial charge >= 0.3 is 23.9 Å². The summed E-state index contributed by atoms with van der Waals surface area (Å²) in [7, 11) is 0. The molecule has 144 valence electrons. The minimum Gasteiger partial charge on any atom is -0.478 e. The van der Waals surface area contributed by atoms with E-state index >= 15 is 0 Å². The van der Waals surface area contributed by atoms with Crippen molar-refractivity contribution < 1.29 is 44.4 Å². The summed E-state index contributed by atoms with van der Waals surface area (Å²) in [6, 6.07) is 2.97. The molecule has 0 aliphatic rings. The van der Waals surface area contributed by atoms with Crippen molar-refractivity contribution in [1.82, 2.24) is 0 Å². The van der Waals surface area contributed by atoms with E-state index in [-0.39, 0.29) is 0 Å². The molecule has 0 saturated heterocycles. The molecular weight excluding hydrogens is 419 g/mol. The van der Waals surface area contributed by atoms with Crippen LogP contribution in [-0.2, 0) is 0 Å². The summed E-state index contributed by atoms with van der Waals surface area (Å²) >= 11 is 11.8. The predicted octanol–water partition coefficient (Wildman–Crippen LogP) is 3.02. The molecule has 2 aromatic rings. The minimum atomic E-state index is -1.64. The molecule has 2 aromatic carbocycles. The molecule has 0 atom stereocenters. The van der Waals surface area contributed by atoms with E-state index in [0.717, 1.165) is 24.3 Å². The van der Waals surface area contributed by atoms with Crippen molar-refractivity contribution >= 4 is 52.9 Å². The van der Waals surface area contributed by atoms with Crippen LogP contribution in [0.5, 0.6) is 0 Å². The highest BCUT2D eigenvalue weighted by Gasteiger charge is 2.26. The van der Waals surface area contributed by atoms with Gasteiger partial charge in [0.1, 0.15) is 0 Å². The lowest BCUT2D eigenvalue weighted by molar-refractivity contribution is 0.0651. The van der Waals surface area contributed by atoms with Crippen LogP contribution in [0.25, 0.3) is 0 Å². The number of benzene rings is 2. The fourth-order valence-electron chi connectivity index (χ4n) is 2.35. The van der Waals surface area contributed by atoms with E-state index in [2.05, 4.69) is 0 Å². The standard InChI is InChI=1S/C17H8Cl2O9/c18-11-3-7(16(25)26)5(14(21)22)1-9(11)13(20)10-2-6(15(23)24)8(17(27)28)4-12(10)19/h1-4H,(H,21,22)(H,23,24)(H,25,26)(H,27,28). The van der Waals surface area contributed by atoms with Crippen LogP contribution >= 0.6 is 23.2 Å². The normalized spacial score (nSPS) is 10.4. The van der Waals surface area contributed by atoms with E-state index in [9.17, 15) is 24.0 Å². The van der Waals surface area contributed by atoms with Gasteiger partial charge in [0.2, 0.25) is 0 Å². The summed E-state index contributed by atoms with van der Waals surface area (Å²) in [6.07, 6.45) is 0. The molecule has 0 saturated carbocycles. The molecule has 9 nitrogen and oxygen atoms in total. The molecule has 0 unspecified atom stereocenters. The molecule has 2 rings (SSSR count). The second-order valence-electron chi connectivity index (χ2n) is 5.31. The summed E-state index contributed by atoms with van der Waals surface area (Å²) in [5, 5.41) is 35.6. The number of carboxylic acid groups (broad SMARTS) is 4. The van der Waals surface area contributed by atoms with Gasteiger partial charge in [0, 0.05) is 11.1 Å². The Balaban J connectivity index is 2.73. The van der Waals surface area contributed by atoms with Crippen molar-refractivity contribution in [2.45, 2.75) is 0 Å². The first-order valence-electron chi connectivity index (χ1n) is 7.10. The summed E-state index contributed by atoms with van der Waals surface area (Å²) in [5.41, 5.74) is -3.68. The van der Waals surface area contributed by atoms with Crippen molar-refractivity contribution in [1.29, 1.82) is 0 Å². The topological polar surface area (TPSA) is 166 Å². The molecule has 11 heteroatoms. The fraction of sp³-hybridized carbons (Fsp3) is 0. The number of ketones is 1. The lowest BCUT2D eigenvalue weighted by Crippen LogP contribution is -2.14. The van der Waals surface area contributed by atoms with Crippen molar-refractivity contribution in [2.75, 3.05) is 0 Å². The van der Waals surface area contributed by atoms with Crippen LogP contribution in [0.1, 0.15) is 57.4 Å². The third kappa shape index (κ3) is 3.80. The van der Waals surface area contributed by atoms with Gasteiger partial charge < -0.3 is 20.4 Å². The molecule has 28 heavy (non-hydrogen) atoms. The Kier molecular flexibility index (Phi) is 5.72. The van der Waals surface area contributed by atoms with Gasteiger partial charge in [0.15, 0.2) is 5.78 Å². The first kappa shape index (κ1) is 20.9. The Hall–Kier alpha value is -3.43. The Morgan fingerprint density at radius 2 is 0.750 bits per heavy atom. The van der Waals surface area contributed by atoms with Crippen LogP contribution < -0.4 is 0 Å². The SMILES string of the molecule is O=C(c1cc(C(=O)O)c(C(=O)O)cc1Cl)c1cc(C(=O)O)c(C(=O)O)cc1Cl. The van der Waals surface area contributed by atoms with E-state index in [0.29, 0.717) is 0 Å². The first-order valence-corrected chi connectivity index (χ1v) is 7.86. The highest BCUT2D eigenvalue weighted by atomic mass is 35.5. The third-order valence-electron chi connectivity index (χ3n) is 3.63. The molecule has 4 N–H and O–H groups in total. The fourth-order valence-corrected chi connectivity index (χ4v) is 2.85. The van der Waals surface area contributed by atoms with Crippen molar-refractivity contribution in [3.63, 3.8) is 0 Å². The molecule has 0 spiro atoms. The number of hydrogen-bond acceptors (Lipinski definition) is 5. The second kappa shape index (κ2) is 7.67. The van der Waals surface area contributed by atoms with E-state index in [4.69, 9.17) is 43.6 Å². The molecule has 0 radical (unpaired) electrons. The van der Waals surface area contributed by atoms with Gasteiger partial charge in [-0.2, -0.15) is 0 Å². The molecule has 0 aromatic heterocycles. The summed E-state index contributed by atoms with van der Waals surface area (Å²) in [6.45, 7) is 0. The number of carboxylic acids is 4. The smallest absolute Gasteiger partial charge is 0.336 e. The van der Waals surface area contributed by atoms with E-state index in [1.807, 2.05) is 0 Å². The Bertz CT molecular complexity index is 989. The van der Waals surface area contributed by atoms with E-state index in [1.54, 1.807) is 0 Å². The average Bonchev–Trinajstić information content (AvgIpc) is 2.59. The molecule has 0 aliphatic carbocycles. The van der Waals surface area contributed by atoms with Crippen LogP contribution in [0.15, 0.2) is 24.3 Å². The van der Waals surface area contributed by atoms with Gasteiger partial charge in [-0.05, 0) is 24.3 Å². The van der Waals surface area contributed by atoms with Crippen molar-refractivity contribution in [2.24, 2.45) is 0 Å². The number of halogens is 2. The van der Waals surface area contributed by atoms with E-state index in [1.165, 1.54) is 0 Å². The zero-order valence-electron chi connectivity index (χ0n) is 13.4. The van der Waals surface area contributed by atoms with Crippen LogP contribution in [-0.4, -0.2) is 50.1 Å². The van der Waals surface area contributed by atoms with Gasteiger partial charge in [0.05, 0.1) is 32.3 Å². The maximum Gasteiger partial charge on any atom is 0.336 e. The van der Waals surface area contributed by atoms with Gasteiger partial charge in [-0.1, -0.05) is 23.2 Å². The molecule has 0 heterocycles. The minimum absolute atomic E-state index is 0.414. The number of carbonyl (C=O) groups excluding carboxylic acids is 1. The van der Waals surface area contributed by atoms with Gasteiger partial charge in [-0.3, -0.25) is 4.79 Å². The van der Waals surface area contributed by atoms with E-state index < -0.39 is 73.1 Å². The Morgan fingerprint density at radius 1 is 0.500 bits per heavy atom. The highest BCUT2D eigenvalue weighted by molar-refractivity contribution is 6.39. The van der Waals surface area contributed by atoms with Crippen LogP contribution in [0.4, 0.5) is 0 Å². The number of hydrogen-bond donors (Lipinski definition) is 4. The predicted molar refractivity (Wildman–Crippen MR) is 94.2 cm³/mol. The van der Waals surface area contributed by atoms with Gasteiger partial charge in [-0.15, -0.1) is 0 Å². The zero-order valence-corrected chi connectivity index (χ0v) is 14.9. The molecule has 0 amide bonds. The van der Waals surface area contributed by atoms with Crippen LogP contribution in [0.3, 0.4) is 0 Å².